The Morgan fingerprint density at radius 3 is 2.76 bits per heavy atom. The lowest BCUT2D eigenvalue weighted by atomic mass is 10.0. The molecular weight excluding hydrogens is 296 g/mol. The molecule has 1 saturated heterocycles. The number of anilines is 1. The van der Waals surface area contributed by atoms with Crippen molar-refractivity contribution in [1.82, 2.24) is 4.90 Å². The molecule has 114 valence electrons. The smallest absolute Gasteiger partial charge is 0.335 e. The molecule has 0 saturated carbocycles. The predicted molar refractivity (Wildman–Crippen MR) is 78.8 cm³/mol. The minimum Gasteiger partial charge on any atom is -0.478 e. The predicted octanol–water partition coefficient (Wildman–Crippen LogP) is 2.27. The second kappa shape index (κ2) is 6.32. The van der Waals surface area contributed by atoms with Gasteiger partial charge >= 0.3 is 12.0 Å². The Kier molecular flexibility index (Phi) is 4.69. The van der Waals surface area contributed by atoms with E-state index in [9.17, 15) is 14.7 Å². The third-order valence-electron chi connectivity index (χ3n) is 3.65. The normalized spacial score (nSPS) is 19.4. The number of hydrogen-bond acceptors (Lipinski definition) is 3. The van der Waals surface area contributed by atoms with Crippen molar-refractivity contribution >= 4 is 29.3 Å². The van der Waals surface area contributed by atoms with Crippen LogP contribution >= 0.6 is 11.6 Å². The van der Waals surface area contributed by atoms with Crippen molar-refractivity contribution in [3.05, 3.63) is 28.8 Å². The van der Waals surface area contributed by atoms with Gasteiger partial charge in [0, 0.05) is 19.0 Å². The third-order valence-corrected chi connectivity index (χ3v) is 3.98. The number of aliphatic hydroxyl groups excluding tert-OH is 1. The number of amides is 2. The van der Waals surface area contributed by atoms with Gasteiger partial charge in [0.2, 0.25) is 0 Å². The SMILES string of the molecule is CC(O)C1CCN(C(=O)Nc2cc(C(=O)O)ccc2Cl)C1. The second-order valence-electron chi connectivity index (χ2n) is 5.17. The first-order valence-corrected chi connectivity index (χ1v) is 7.03. The number of nitrogens with zero attached hydrogens (tertiary/aromatic N) is 1. The van der Waals surface area contributed by atoms with Gasteiger partial charge in [-0.25, -0.2) is 9.59 Å². The molecule has 21 heavy (non-hydrogen) atoms. The van der Waals surface area contributed by atoms with E-state index in [0.717, 1.165) is 6.42 Å². The van der Waals surface area contributed by atoms with Crippen LogP contribution in [0.5, 0.6) is 0 Å². The first-order chi connectivity index (χ1) is 9.88. The van der Waals surface area contributed by atoms with Crippen molar-refractivity contribution < 1.29 is 19.8 Å². The zero-order valence-corrected chi connectivity index (χ0v) is 12.3. The van der Waals surface area contributed by atoms with E-state index in [-0.39, 0.29) is 28.2 Å². The average molecular weight is 313 g/mol. The van der Waals surface area contributed by atoms with E-state index in [1.165, 1.54) is 18.2 Å². The van der Waals surface area contributed by atoms with Gasteiger partial charge in [-0.15, -0.1) is 0 Å². The quantitative estimate of drug-likeness (QED) is 0.798. The summed E-state index contributed by atoms with van der Waals surface area (Å²) in [5.41, 5.74) is 0.319. The maximum Gasteiger partial charge on any atom is 0.335 e. The molecule has 2 unspecified atom stereocenters. The van der Waals surface area contributed by atoms with Crippen molar-refractivity contribution in [2.45, 2.75) is 19.4 Å². The number of hydrogen-bond donors (Lipinski definition) is 3. The number of carboxylic acids is 1. The van der Waals surface area contributed by atoms with E-state index < -0.39 is 12.1 Å². The van der Waals surface area contributed by atoms with Gasteiger partial charge in [0.1, 0.15) is 0 Å². The molecule has 0 aliphatic carbocycles. The van der Waals surface area contributed by atoms with Crippen molar-refractivity contribution in [3.8, 4) is 0 Å². The van der Waals surface area contributed by atoms with Crippen LogP contribution < -0.4 is 5.32 Å². The molecule has 1 aliphatic heterocycles. The fraction of sp³-hybridized carbons (Fsp3) is 0.429. The topological polar surface area (TPSA) is 89.9 Å². The molecule has 2 rings (SSSR count). The lowest BCUT2D eigenvalue weighted by molar-refractivity contribution is 0.0697. The number of urea groups is 1. The van der Waals surface area contributed by atoms with E-state index >= 15 is 0 Å². The molecule has 1 heterocycles. The maximum absolute atomic E-state index is 12.1. The van der Waals surface area contributed by atoms with Gasteiger partial charge in [0.25, 0.3) is 0 Å². The van der Waals surface area contributed by atoms with Crippen molar-refractivity contribution in [2.75, 3.05) is 18.4 Å². The largest absolute Gasteiger partial charge is 0.478 e. The number of aliphatic hydroxyl groups is 1. The Bertz CT molecular complexity index is 562. The van der Waals surface area contributed by atoms with Crippen LogP contribution in [0, 0.1) is 5.92 Å². The Balaban J connectivity index is 2.06. The summed E-state index contributed by atoms with van der Waals surface area (Å²) in [5, 5.41) is 21.4. The number of carboxylic acid groups (broad SMARTS) is 1. The molecule has 0 aromatic heterocycles. The lowest BCUT2D eigenvalue weighted by Crippen LogP contribution is -2.34. The summed E-state index contributed by atoms with van der Waals surface area (Å²) in [4.78, 5) is 24.7. The van der Waals surface area contributed by atoms with Crippen LogP contribution in [0.4, 0.5) is 10.5 Å². The van der Waals surface area contributed by atoms with Crippen LogP contribution in [-0.4, -0.2) is 46.3 Å². The summed E-state index contributed by atoms with van der Waals surface area (Å²) in [6.45, 7) is 2.73. The van der Waals surface area contributed by atoms with Crippen LogP contribution in [0.3, 0.4) is 0 Å². The fourth-order valence-electron chi connectivity index (χ4n) is 2.31. The van der Waals surface area contributed by atoms with Crippen LogP contribution in [0.2, 0.25) is 5.02 Å². The van der Waals surface area contributed by atoms with Gasteiger partial charge in [-0.05, 0) is 31.5 Å². The molecule has 2 atom stereocenters. The number of aromatic carboxylic acids is 1. The minimum atomic E-state index is -1.09. The molecule has 1 aliphatic rings. The number of rotatable bonds is 3. The molecule has 7 heteroatoms. The summed E-state index contributed by atoms with van der Waals surface area (Å²) < 4.78 is 0. The first-order valence-electron chi connectivity index (χ1n) is 6.65. The fourth-order valence-corrected chi connectivity index (χ4v) is 2.48. The Morgan fingerprint density at radius 2 is 2.19 bits per heavy atom. The molecule has 1 aromatic rings. The van der Waals surface area contributed by atoms with Gasteiger partial charge in [0.05, 0.1) is 22.4 Å². The summed E-state index contributed by atoms with van der Waals surface area (Å²) in [5.74, 6) is -1.02. The molecule has 1 fully saturated rings. The van der Waals surface area contributed by atoms with E-state index in [2.05, 4.69) is 5.32 Å². The summed E-state index contributed by atoms with van der Waals surface area (Å²) in [6, 6.07) is 3.79. The highest BCUT2D eigenvalue weighted by molar-refractivity contribution is 6.33. The molecule has 0 bridgehead atoms. The van der Waals surface area contributed by atoms with Gasteiger partial charge in [-0.3, -0.25) is 0 Å². The Labute approximate surface area is 127 Å². The van der Waals surface area contributed by atoms with E-state index in [0.29, 0.717) is 13.1 Å². The molecule has 3 N–H and O–H groups in total. The summed E-state index contributed by atoms with van der Waals surface area (Å²) in [7, 11) is 0. The number of benzene rings is 1. The van der Waals surface area contributed by atoms with Crippen LogP contribution in [0.1, 0.15) is 23.7 Å². The van der Waals surface area contributed by atoms with E-state index in [1.807, 2.05) is 0 Å². The summed E-state index contributed by atoms with van der Waals surface area (Å²) in [6.07, 6.45) is 0.287. The van der Waals surface area contributed by atoms with E-state index in [4.69, 9.17) is 16.7 Å². The Hall–Kier alpha value is -1.79. The molecule has 0 spiro atoms. The van der Waals surface area contributed by atoms with E-state index in [1.54, 1.807) is 11.8 Å². The van der Waals surface area contributed by atoms with Crippen LogP contribution in [0.15, 0.2) is 18.2 Å². The highest BCUT2D eigenvalue weighted by Crippen LogP contribution is 2.25. The van der Waals surface area contributed by atoms with Gasteiger partial charge in [-0.1, -0.05) is 11.6 Å². The van der Waals surface area contributed by atoms with Gasteiger partial charge < -0.3 is 20.4 Å². The molecule has 2 amide bonds. The lowest BCUT2D eigenvalue weighted by Gasteiger charge is -2.19. The number of halogens is 1. The van der Waals surface area contributed by atoms with Crippen molar-refractivity contribution in [2.24, 2.45) is 5.92 Å². The summed E-state index contributed by atoms with van der Waals surface area (Å²) >= 11 is 5.96. The average Bonchev–Trinajstić information content (AvgIpc) is 2.90. The molecule has 1 aromatic carbocycles. The molecular formula is C14H17ClN2O4. The Morgan fingerprint density at radius 1 is 1.48 bits per heavy atom. The number of carbonyl (C=O) groups excluding carboxylic acids is 1. The molecule has 6 nitrogen and oxygen atoms in total. The second-order valence-corrected chi connectivity index (χ2v) is 5.57. The van der Waals surface area contributed by atoms with Crippen LogP contribution in [0.25, 0.3) is 0 Å². The molecule has 0 radical (unpaired) electrons. The van der Waals surface area contributed by atoms with Crippen molar-refractivity contribution in [3.63, 3.8) is 0 Å². The monoisotopic (exact) mass is 312 g/mol. The zero-order valence-electron chi connectivity index (χ0n) is 11.5. The van der Waals surface area contributed by atoms with Gasteiger partial charge in [0.15, 0.2) is 0 Å². The van der Waals surface area contributed by atoms with Crippen molar-refractivity contribution in [1.29, 1.82) is 0 Å². The zero-order chi connectivity index (χ0) is 15.6. The van der Waals surface area contributed by atoms with Crippen LogP contribution in [-0.2, 0) is 0 Å². The standard InChI is InChI=1S/C14H17ClN2O4/c1-8(18)10-4-5-17(7-10)14(21)16-12-6-9(13(19)20)2-3-11(12)15/h2-3,6,8,10,18H,4-5,7H2,1H3,(H,16,21)(H,19,20). The highest BCUT2D eigenvalue weighted by atomic mass is 35.5. The first kappa shape index (κ1) is 15.6. The van der Waals surface area contributed by atoms with Gasteiger partial charge in [-0.2, -0.15) is 0 Å². The maximum atomic E-state index is 12.1. The number of likely N-dealkylation sites (tertiary alicyclic amines) is 1. The highest BCUT2D eigenvalue weighted by Gasteiger charge is 2.29. The third kappa shape index (κ3) is 3.65. The number of nitrogens with one attached hydrogen (secondary N) is 1. The number of carbonyl (C=O) groups is 2. The minimum absolute atomic E-state index is 0.0537.